The zero-order valence-electron chi connectivity index (χ0n) is 17.8. The van der Waals surface area contributed by atoms with Crippen molar-refractivity contribution in [2.24, 2.45) is 5.10 Å². The Labute approximate surface area is 197 Å². The van der Waals surface area contributed by atoms with Crippen LogP contribution in [0.5, 0.6) is 11.5 Å². The van der Waals surface area contributed by atoms with Gasteiger partial charge < -0.3 is 19.6 Å². The van der Waals surface area contributed by atoms with E-state index in [2.05, 4.69) is 10.1 Å². The van der Waals surface area contributed by atoms with Gasteiger partial charge in [0.2, 0.25) is 0 Å². The molecule has 34 heavy (non-hydrogen) atoms. The minimum absolute atomic E-state index is 0.0925. The Balaban J connectivity index is 1.70. The summed E-state index contributed by atoms with van der Waals surface area (Å²) < 4.78 is 12.0. The molecular formula is C24H18ClN3O6. The van der Waals surface area contributed by atoms with Crippen LogP contribution >= 0.6 is 11.6 Å². The average molecular weight is 480 g/mol. The number of aromatic amines is 1. The van der Waals surface area contributed by atoms with Crippen LogP contribution in [0.4, 0.5) is 0 Å². The number of nitrogens with zero attached hydrogens (tertiary/aromatic N) is 2. The van der Waals surface area contributed by atoms with Crippen LogP contribution in [0, 0.1) is 0 Å². The molecule has 2 N–H and O–H groups in total. The van der Waals surface area contributed by atoms with Gasteiger partial charge in [-0.3, -0.25) is 4.79 Å². The van der Waals surface area contributed by atoms with E-state index in [0.717, 1.165) is 0 Å². The van der Waals surface area contributed by atoms with E-state index in [4.69, 9.17) is 26.2 Å². The molecule has 0 radical (unpaired) electrons. The molecule has 0 amide bonds. The zero-order chi connectivity index (χ0) is 24.2. The number of carboxylic acids is 1. The predicted molar refractivity (Wildman–Crippen MR) is 128 cm³/mol. The third-order valence-electron chi connectivity index (χ3n) is 4.95. The molecule has 0 unspecified atom stereocenters. The van der Waals surface area contributed by atoms with Crippen LogP contribution in [0.3, 0.4) is 0 Å². The molecule has 0 aliphatic carbocycles. The molecule has 0 atom stereocenters. The maximum absolute atomic E-state index is 12.7. The molecule has 0 bridgehead atoms. The van der Waals surface area contributed by atoms with E-state index in [9.17, 15) is 14.4 Å². The number of fused-ring (bicyclic) bond motifs is 1. The summed E-state index contributed by atoms with van der Waals surface area (Å²) in [5.74, 6) is -0.427. The fraction of sp³-hybridized carbons (Fsp3) is 0.0833. The predicted octanol–water partition coefficient (Wildman–Crippen LogP) is 3.51. The maximum atomic E-state index is 12.7. The quantitative estimate of drug-likeness (QED) is 0.391. The van der Waals surface area contributed by atoms with E-state index in [0.29, 0.717) is 37.5 Å². The van der Waals surface area contributed by atoms with Gasteiger partial charge in [-0.25, -0.2) is 9.59 Å². The number of carboxylic acid groups (broad SMARTS) is 1. The van der Waals surface area contributed by atoms with Gasteiger partial charge in [-0.2, -0.15) is 5.10 Å². The minimum Gasteiger partial charge on any atom is -0.493 e. The second-order valence-electron chi connectivity index (χ2n) is 7.15. The van der Waals surface area contributed by atoms with Gasteiger partial charge in [-0.15, -0.1) is 4.68 Å². The molecule has 4 rings (SSSR count). The van der Waals surface area contributed by atoms with Gasteiger partial charge in [0.1, 0.15) is 6.61 Å². The molecule has 0 saturated heterocycles. The first-order chi connectivity index (χ1) is 16.4. The highest BCUT2D eigenvalue weighted by atomic mass is 35.5. The van der Waals surface area contributed by atoms with Crippen LogP contribution in [0.2, 0.25) is 5.02 Å². The Morgan fingerprint density at radius 3 is 2.59 bits per heavy atom. The number of rotatable bonds is 7. The summed E-state index contributed by atoms with van der Waals surface area (Å²) in [5, 5.41) is 13.7. The smallest absolute Gasteiger partial charge is 0.349 e. The maximum Gasteiger partial charge on any atom is 0.349 e. The van der Waals surface area contributed by atoms with Crippen molar-refractivity contribution in [3.05, 3.63) is 103 Å². The van der Waals surface area contributed by atoms with Gasteiger partial charge in [-0.05, 0) is 35.9 Å². The van der Waals surface area contributed by atoms with E-state index in [-0.39, 0.29) is 17.9 Å². The first-order valence-corrected chi connectivity index (χ1v) is 10.4. The summed E-state index contributed by atoms with van der Waals surface area (Å²) in [7, 11) is 1.44. The SMILES string of the molecule is COc1cc(Cl)cc(C=Nn2c(=O)[nH]c3ccccc3c2=O)c1OCc1ccc(C(=O)O)cc1. The van der Waals surface area contributed by atoms with Gasteiger partial charge in [-0.1, -0.05) is 35.9 Å². The van der Waals surface area contributed by atoms with Gasteiger partial charge in [0.15, 0.2) is 11.5 Å². The van der Waals surface area contributed by atoms with Crippen LogP contribution in [-0.2, 0) is 6.61 Å². The Hall–Kier alpha value is -4.37. The summed E-state index contributed by atoms with van der Waals surface area (Å²) in [4.78, 5) is 38.8. The monoisotopic (exact) mass is 479 g/mol. The number of nitrogens with one attached hydrogen (secondary N) is 1. The number of aromatic carboxylic acids is 1. The molecule has 1 aromatic heterocycles. The average Bonchev–Trinajstić information content (AvgIpc) is 2.83. The number of methoxy groups -OCH3 is 1. The van der Waals surface area contributed by atoms with Crippen molar-refractivity contribution >= 4 is 34.7 Å². The van der Waals surface area contributed by atoms with Crippen LogP contribution in [0.25, 0.3) is 10.9 Å². The number of hydrogen-bond acceptors (Lipinski definition) is 6. The fourth-order valence-corrected chi connectivity index (χ4v) is 3.48. The molecule has 10 heteroatoms. The molecule has 0 aliphatic heterocycles. The number of ether oxygens (including phenoxy) is 2. The Bertz CT molecular complexity index is 1520. The van der Waals surface area contributed by atoms with E-state index in [1.165, 1.54) is 25.5 Å². The zero-order valence-corrected chi connectivity index (χ0v) is 18.6. The molecule has 0 aliphatic rings. The lowest BCUT2D eigenvalue weighted by Gasteiger charge is -2.14. The lowest BCUT2D eigenvalue weighted by molar-refractivity contribution is 0.0697. The minimum atomic E-state index is -1.02. The second kappa shape index (κ2) is 9.63. The van der Waals surface area contributed by atoms with Crippen molar-refractivity contribution in [3.8, 4) is 11.5 Å². The third kappa shape index (κ3) is 4.69. The molecule has 0 fully saturated rings. The first-order valence-electron chi connectivity index (χ1n) is 9.98. The molecule has 172 valence electrons. The second-order valence-corrected chi connectivity index (χ2v) is 7.59. The highest BCUT2D eigenvalue weighted by Gasteiger charge is 2.14. The standard InChI is InChI=1S/C24H18ClN3O6/c1-33-20-11-17(25)10-16(21(20)34-13-14-6-8-15(9-7-14)23(30)31)12-26-28-22(29)18-4-2-3-5-19(18)27-24(28)32/h2-12H,13H2,1H3,(H,27,32)(H,30,31). The summed E-state index contributed by atoms with van der Waals surface area (Å²) in [5.41, 5.74) is 0.372. The van der Waals surface area contributed by atoms with Crippen molar-refractivity contribution in [3.63, 3.8) is 0 Å². The van der Waals surface area contributed by atoms with Gasteiger partial charge in [0.05, 0.1) is 29.8 Å². The van der Waals surface area contributed by atoms with E-state index in [1.807, 2.05) is 0 Å². The van der Waals surface area contributed by atoms with Crippen LogP contribution in [-0.4, -0.2) is 34.1 Å². The molecule has 9 nitrogen and oxygen atoms in total. The number of hydrogen-bond donors (Lipinski definition) is 2. The normalized spacial score (nSPS) is 11.1. The van der Waals surface area contributed by atoms with Crippen molar-refractivity contribution in [1.29, 1.82) is 0 Å². The third-order valence-corrected chi connectivity index (χ3v) is 5.17. The van der Waals surface area contributed by atoms with E-state index >= 15 is 0 Å². The molecule has 3 aromatic carbocycles. The van der Waals surface area contributed by atoms with E-state index < -0.39 is 17.2 Å². The Kier molecular flexibility index (Phi) is 6.46. The summed E-state index contributed by atoms with van der Waals surface area (Å²) in [6.07, 6.45) is 1.28. The number of H-pyrrole nitrogens is 1. The highest BCUT2D eigenvalue weighted by molar-refractivity contribution is 6.31. The molecule has 0 saturated carbocycles. The first kappa shape index (κ1) is 22.8. The van der Waals surface area contributed by atoms with Crippen molar-refractivity contribution < 1.29 is 19.4 Å². The van der Waals surface area contributed by atoms with Crippen LogP contribution in [0.15, 0.2) is 75.4 Å². The largest absolute Gasteiger partial charge is 0.493 e. The summed E-state index contributed by atoms with van der Waals surface area (Å²) in [6, 6.07) is 15.9. The highest BCUT2D eigenvalue weighted by Crippen LogP contribution is 2.34. The lowest BCUT2D eigenvalue weighted by Crippen LogP contribution is -2.32. The van der Waals surface area contributed by atoms with Gasteiger partial charge in [0.25, 0.3) is 5.56 Å². The van der Waals surface area contributed by atoms with Gasteiger partial charge in [0, 0.05) is 16.7 Å². The Morgan fingerprint density at radius 1 is 1.15 bits per heavy atom. The molecular weight excluding hydrogens is 462 g/mol. The van der Waals surface area contributed by atoms with Crippen LogP contribution < -0.4 is 20.7 Å². The fourth-order valence-electron chi connectivity index (χ4n) is 3.27. The molecule has 4 aromatic rings. The summed E-state index contributed by atoms with van der Waals surface area (Å²) in [6.45, 7) is 0.0925. The van der Waals surface area contributed by atoms with Gasteiger partial charge >= 0.3 is 11.7 Å². The number of para-hydroxylation sites is 1. The molecule has 1 heterocycles. The van der Waals surface area contributed by atoms with Crippen molar-refractivity contribution in [1.82, 2.24) is 9.66 Å². The number of benzene rings is 3. The lowest BCUT2D eigenvalue weighted by atomic mass is 10.1. The Morgan fingerprint density at radius 2 is 1.88 bits per heavy atom. The number of aromatic nitrogens is 2. The van der Waals surface area contributed by atoms with Crippen molar-refractivity contribution in [2.75, 3.05) is 7.11 Å². The van der Waals surface area contributed by atoms with E-state index in [1.54, 1.807) is 48.5 Å². The topological polar surface area (TPSA) is 123 Å². The molecule has 0 spiro atoms. The van der Waals surface area contributed by atoms with Crippen molar-refractivity contribution in [2.45, 2.75) is 6.61 Å². The van der Waals surface area contributed by atoms with Crippen LogP contribution in [0.1, 0.15) is 21.5 Å². The summed E-state index contributed by atoms with van der Waals surface area (Å²) >= 11 is 6.20. The number of halogens is 1. The number of carbonyl (C=O) groups is 1.